The number of Topliss-reactive ketones (excluding diaryl/α,β-unsaturated/α-hetero) is 1. The van der Waals surface area contributed by atoms with Gasteiger partial charge in [0.1, 0.15) is 18.3 Å². The monoisotopic (exact) mass is 472 g/mol. The minimum Gasteiger partial charge on any atom is -0.460 e. The second kappa shape index (κ2) is 12.3. The third-order valence-corrected chi connectivity index (χ3v) is 5.13. The topological polar surface area (TPSA) is 105 Å². The molecule has 1 aromatic heterocycles. The van der Waals surface area contributed by atoms with Gasteiger partial charge in [0, 0.05) is 17.7 Å². The number of hydrogen-bond acceptors (Lipinski definition) is 5. The summed E-state index contributed by atoms with van der Waals surface area (Å²) in [6.45, 7) is 5.53. The van der Waals surface area contributed by atoms with Crippen LogP contribution in [0.3, 0.4) is 0 Å². The Bertz CT molecular complexity index is 1040. The Morgan fingerprint density at radius 3 is 2.32 bits per heavy atom. The highest BCUT2D eigenvalue weighted by Gasteiger charge is 2.30. The summed E-state index contributed by atoms with van der Waals surface area (Å²) >= 11 is 0. The van der Waals surface area contributed by atoms with E-state index in [-0.39, 0.29) is 5.56 Å². The van der Waals surface area contributed by atoms with Crippen LogP contribution in [-0.2, 0) is 25.5 Å². The fourth-order valence-electron chi connectivity index (χ4n) is 3.60. The van der Waals surface area contributed by atoms with Gasteiger partial charge < -0.3 is 15.0 Å². The van der Waals surface area contributed by atoms with Gasteiger partial charge in [-0.25, -0.2) is 4.39 Å². The average molecular weight is 473 g/mol. The quantitative estimate of drug-likeness (QED) is 0.486. The number of ether oxygens (including phenoxy) is 1. The van der Waals surface area contributed by atoms with E-state index in [1.54, 1.807) is 32.9 Å². The van der Waals surface area contributed by atoms with E-state index in [4.69, 9.17) is 4.74 Å². The first-order chi connectivity index (χ1) is 16.0. The van der Waals surface area contributed by atoms with Gasteiger partial charge in [0.05, 0.1) is 12.3 Å². The number of alkyl halides is 1. The molecule has 0 spiro atoms. The molecule has 1 heterocycles. The van der Waals surface area contributed by atoms with Crippen LogP contribution >= 0.6 is 0 Å². The summed E-state index contributed by atoms with van der Waals surface area (Å²) in [5.41, 5.74) is 0.793. The number of carbonyl (C=O) groups is 3. The first-order valence-electron chi connectivity index (χ1n) is 11.4. The third-order valence-electron chi connectivity index (χ3n) is 5.13. The number of rotatable bonds is 11. The maximum Gasteiger partial charge on any atom is 0.308 e. The molecule has 1 aromatic carbocycles. The minimum absolute atomic E-state index is 0.250. The molecule has 0 saturated carbocycles. The van der Waals surface area contributed by atoms with Crippen molar-refractivity contribution in [2.75, 3.05) is 6.67 Å². The van der Waals surface area contributed by atoms with E-state index in [9.17, 15) is 23.6 Å². The number of H-pyrrole nitrogens is 1. The molecule has 1 amide bonds. The van der Waals surface area contributed by atoms with Gasteiger partial charge in [0.25, 0.3) is 5.56 Å². The maximum atomic E-state index is 13.1. The molecule has 0 bridgehead atoms. The Morgan fingerprint density at radius 2 is 1.76 bits per heavy atom. The number of amides is 1. The van der Waals surface area contributed by atoms with Gasteiger partial charge in [0.2, 0.25) is 5.91 Å². The molecule has 2 aromatic rings. The Kier molecular flexibility index (Phi) is 9.71. The van der Waals surface area contributed by atoms with Gasteiger partial charge >= 0.3 is 5.97 Å². The smallest absolute Gasteiger partial charge is 0.308 e. The molecule has 0 aliphatic carbocycles. The summed E-state index contributed by atoms with van der Waals surface area (Å²) in [7, 11) is 0. The van der Waals surface area contributed by atoms with Crippen molar-refractivity contribution in [1.82, 2.24) is 10.3 Å². The van der Waals surface area contributed by atoms with Crippen molar-refractivity contribution in [2.24, 2.45) is 0 Å². The largest absolute Gasteiger partial charge is 0.460 e. The Balaban J connectivity index is 2.21. The molecular formula is C26H33FN2O5. The van der Waals surface area contributed by atoms with Gasteiger partial charge in [0.15, 0.2) is 5.78 Å². The molecule has 2 atom stereocenters. The third kappa shape index (κ3) is 8.24. The van der Waals surface area contributed by atoms with Gasteiger partial charge in [-0.15, -0.1) is 0 Å². The maximum absolute atomic E-state index is 13.1. The molecule has 0 fully saturated rings. The van der Waals surface area contributed by atoms with Crippen LogP contribution in [0, 0.1) is 0 Å². The van der Waals surface area contributed by atoms with Crippen LogP contribution in [-0.4, -0.2) is 41.0 Å². The van der Waals surface area contributed by atoms with E-state index >= 15 is 0 Å². The summed E-state index contributed by atoms with van der Waals surface area (Å²) in [6.07, 6.45) is 0.980. The van der Waals surface area contributed by atoms with Crippen molar-refractivity contribution in [1.29, 1.82) is 0 Å². The zero-order valence-electron chi connectivity index (χ0n) is 20.2. The highest BCUT2D eigenvalue weighted by molar-refractivity contribution is 5.94. The van der Waals surface area contributed by atoms with E-state index in [1.165, 1.54) is 0 Å². The fraction of sp³-hybridized carbons (Fsp3) is 0.462. The van der Waals surface area contributed by atoms with Crippen LogP contribution in [0.2, 0.25) is 0 Å². The van der Waals surface area contributed by atoms with Crippen LogP contribution < -0.4 is 10.9 Å². The average Bonchev–Trinajstić information content (AvgIpc) is 2.76. The molecule has 0 saturated heterocycles. The van der Waals surface area contributed by atoms with Crippen molar-refractivity contribution in [3.8, 4) is 0 Å². The zero-order chi connectivity index (χ0) is 25.3. The second-order valence-electron chi connectivity index (χ2n) is 9.22. The Hall–Kier alpha value is -3.29. The number of hydrogen-bond donors (Lipinski definition) is 2. The molecule has 184 valence electrons. The van der Waals surface area contributed by atoms with E-state index in [0.717, 1.165) is 5.56 Å². The molecule has 0 aliphatic rings. The summed E-state index contributed by atoms with van der Waals surface area (Å²) < 4.78 is 18.3. The number of pyridine rings is 1. The number of esters is 1. The van der Waals surface area contributed by atoms with Crippen molar-refractivity contribution in [2.45, 2.75) is 70.9 Å². The SMILES string of the molecule is CCCC(C(=O)NC(CC(=O)OC(C)(C)C)C(=O)CF)c1ccc(Cc2ccccc2)[nH]c1=O. The van der Waals surface area contributed by atoms with Gasteiger partial charge in [-0.3, -0.25) is 19.2 Å². The number of aromatic nitrogens is 1. The first kappa shape index (κ1) is 27.0. The number of benzene rings is 1. The zero-order valence-corrected chi connectivity index (χ0v) is 20.2. The van der Waals surface area contributed by atoms with Gasteiger partial charge in [-0.2, -0.15) is 0 Å². The highest BCUT2D eigenvalue weighted by Crippen LogP contribution is 2.20. The Labute approximate surface area is 199 Å². The lowest BCUT2D eigenvalue weighted by molar-refractivity contribution is -0.156. The molecule has 8 heteroatoms. The number of carbonyl (C=O) groups excluding carboxylic acids is 3. The molecule has 34 heavy (non-hydrogen) atoms. The van der Waals surface area contributed by atoms with Crippen LogP contribution in [0.4, 0.5) is 4.39 Å². The van der Waals surface area contributed by atoms with Crippen molar-refractivity contribution >= 4 is 17.7 Å². The van der Waals surface area contributed by atoms with Crippen LogP contribution in [0.1, 0.15) is 69.7 Å². The van der Waals surface area contributed by atoms with E-state index in [2.05, 4.69) is 10.3 Å². The number of aromatic amines is 1. The van der Waals surface area contributed by atoms with E-state index in [1.807, 2.05) is 37.3 Å². The number of nitrogens with one attached hydrogen (secondary N) is 2. The van der Waals surface area contributed by atoms with Crippen LogP contribution in [0.15, 0.2) is 47.3 Å². The molecule has 7 nitrogen and oxygen atoms in total. The lowest BCUT2D eigenvalue weighted by Gasteiger charge is -2.23. The van der Waals surface area contributed by atoms with Crippen molar-refractivity contribution < 1.29 is 23.5 Å². The van der Waals surface area contributed by atoms with E-state index < -0.39 is 53.9 Å². The second-order valence-corrected chi connectivity index (χ2v) is 9.22. The molecule has 2 rings (SSSR count). The lowest BCUT2D eigenvalue weighted by atomic mass is 9.93. The van der Waals surface area contributed by atoms with Gasteiger partial charge in [-0.05, 0) is 38.8 Å². The number of ketones is 1. The van der Waals surface area contributed by atoms with Crippen LogP contribution in [0.25, 0.3) is 0 Å². The summed E-state index contributed by atoms with van der Waals surface area (Å²) in [4.78, 5) is 53.0. The lowest BCUT2D eigenvalue weighted by Crippen LogP contribution is -2.46. The normalized spacial score (nSPS) is 13.1. The number of halogens is 1. The standard InChI is InChI=1S/C26H33FN2O5/c1-5-9-19(20-13-12-18(28-24(20)32)14-17-10-7-6-8-11-17)25(33)29-21(22(30)16-27)15-23(31)34-26(2,3)4/h6-8,10-13,19,21H,5,9,14-16H2,1-4H3,(H,28,32)(H,29,33). The predicted octanol–water partition coefficient (Wildman–Crippen LogP) is 3.60. The molecule has 0 radical (unpaired) electrons. The van der Waals surface area contributed by atoms with Gasteiger partial charge in [-0.1, -0.05) is 49.7 Å². The summed E-state index contributed by atoms with van der Waals surface area (Å²) in [6, 6.07) is 11.6. The Morgan fingerprint density at radius 1 is 1.09 bits per heavy atom. The van der Waals surface area contributed by atoms with Crippen LogP contribution in [0.5, 0.6) is 0 Å². The van der Waals surface area contributed by atoms with Crippen molar-refractivity contribution in [3.63, 3.8) is 0 Å². The highest BCUT2D eigenvalue weighted by atomic mass is 19.1. The first-order valence-corrected chi connectivity index (χ1v) is 11.4. The molecule has 2 unspecified atom stereocenters. The van der Waals surface area contributed by atoms with E-state index in [0.29, 0.717) is 25.0 Å². The summed E-state index contributed by atoms with van der Waals surface area (Å²) in [5.74, 6) is -3.12. The minimum atomic E-state index is -1.37. The van der Waals surface area contributed by atoms with Crippen molar-refractivity contribution in [3.05, 3.63) is 69.6 Å². The molecule has 0 aliphatic heterocycles. The molecule has 2 N–H and O–H groups in total. The predicted molar refractivity (Wildman–Crippen MR) is 127 cm³/mol. The fourth-order valence-corrected chi connectivity index (χ4v) is 3.60. The molecular weight excluding hydrogens is 439 g/mol. The summed E-state index contributed by atoms with van der Waals surface area (Å²) in [5, 5.41) is 2.47.